The van der Waals surface area contributed by atoms with Crippen LogP contribution >= 0.6 is 0 Å². The van der Waals surface area contributed by atoms with Gasteiger partial charge >= 0.3 is 0 Å². The first kappa shape index (κ1) is 14.9. The van der Waals surface area contributed by atoms with Crippen molar-refractivity contribution in [3.05, 3.63) is 29.3 Å². The van der Waals surface area contributed by atoms with Gasteiger partial charge in [-0.3, -0.25) is 4.90 Å². The summed E-state index contributed by atoms with van der Waals surface area (Å²) in [5.41, 5.74) is 2.57. The van der Waals surface area contributed by atoms with E-state index in [1.54, 1.807) is 0 Å². The number of fused-ring (bicyclic) bond motifs is 1. The third-order valence-electron chi connectivity index (χ3n) is 5.91. The predicted molar refractivity (Wildman–Crippen MR) is 87.6 cm³/mol. The van der Waals surface area contributed by atoms with Crippen LogP contribution < -0.4 is 0 Å². The van der Waals surface area contributed by atoms with Crippen LogP contribution in [0, 0.1) is 5.92 Å². The van der Waals surface area contributed by atoms with Crippen molar-refractivity contribution in [1.29, 1.82) is 0 Å². The molecular weight excluding hydrogens is 258 g/mol. The van der Waals surface area contributed by atoms with E-state index in [2.05, 4.69) is 24.9 Å². The molecule has 0 saturated heterocycles. The third kappa shape index (κ3) is 2.96. The Morgan fingerprint density at radius 2 is 1.90 bits per heavy atom. The lowest BCUT2D eigenvalue weighted by molar-refractivity contribution is 0.108. The maximum Gasteiger partial charge on any atom is 0.119 e. The van der Waals surface area contributed by atoms with Gasteiger partial charge in [-0.15, -0.1) is 0 Å². The molecular formula is C19H29NO. The highest BCUT2D eigenvalue weighted by atomic mass is 16.3. The number of hydrogen-bond acceptors (Lipinski definition) is 2. The summed E-state index contributed by atoms with van der Waals surface area (Å²) in [6.07, 6.45) is 10.3. The van der Waals surface area contributed by atoms with Crippen molar-refractivity contribution >= 4 is 0 Å². The van der Waals surface area contributed by atoms with Gasteiger partial charge in [0.2, 0.25) is 0 Å². The average Bonchev–Trinajstić information content (AvgIpc) is 2.54. The third-order valence-corrected chi connectivity index (χ3v) is 5.91. The van der Waals surface area contributed by atoms with Gasteiger partial charge in [-0.05, 0) is 75.1 Å². The van der Waals surface area contributed by atoms with Crippen LogP contribution in [0.5, 0.6) is 5.75 Å². The van der Waals surface area contributed by atoms with E-state index >= 15 is 0 Å². The zero-order valence-corrected chi connectivity index (χ0v) is 13.5. The topological polar surface area (TPSA) is 23.5 Å². The number of aromatic hydroxyl groups is 1. The summed E-state index contributed by atoms with van der Waals surface area (Å²) < 4.78 is 0. The van der Waals surface area contributed by atoms with Gasteiger partial charge < -0.3 is 5.11 Å². The molecule has 0 bridgehead atoms. The van der Waals surface area contributed by atoms with Crippen LogP contribution in [0.3, 0.4) is 0 Å². The molecule has 1 N–H and O–H groups in total. The SMILES string of the molecule is CCC1CCC(N(C)C2CCCc3c(O)cccc32)CC1. The number of phenols is 1. The molecule has 0 amide bonds. The Morgan fingerprint density at radius 3 is 2.62 bits per heavy atom. The van der Waals surface area contributed by atoms with Crippen LogP contribution in [0.4, 0.5) is 0 Å². The molecule has 2 nitrogen and oxygen atoms in total. The molecule has 0 aliphatic heterocycles. The molecule has 1 unspecified atom stereocenters. The molecule has 0 heterocycles. The lowest BCUT2D eigenvalue weighted by atomic mass is 9.81. The second-order valence-electron chi connectivity index (χ2n) is 7.00. The van der Waals surface area contributed by atoms with Gasteiger partial charge in [0.1, 0.15) is 5.75 Å². The number of nitrogens with zero attached hydrogens (tertiary/aromatic N) is 1. The minimum Gasteiger partial charge on any atom is -0.508 e. The van der Waals surface area contributed by atoms with Gasteiger partial charge in [-0.1, -0.05) is 25.5 Å². The number of phenolic OH excluding ortho intramolecular Hbond substituents is 1. The fourth-order valence-electron chi connectivity index (χ4n) is 4.44. The van der Waals surface area contributed by atoms with Gasteiger partial charge in [-0.25, -0.2) is 0 Å². The molecule has 0 aromatic heterocycles. The number of rotatable bonds is 3. The van der Waals surface area contributed by atoms with E-state index in [1.807, 2.05) is 12.1 Å². The van der Waals surface area contributed by atoms with Crippen LogP contribution in [0.2, 0.25) is 0 Å². The zero-order chi connectivity index (χ0) is 14.8. The second kappa shape index (κ2) is 6.39. The summed E-state index contributed by atoms with van der Waals surface area (Å²) in [6, 6.07) is 7.31. The fraction of sp³-hybridized carbons (Fsp3) is 0.684. The Bertz CT molecular complexity index is 476. The minimum atomic E-state index is 0.500. The van der Waals surface area contributed by atoms with Gasteiger partial charge in [0.15, 0.2) is 0 Å². The molecule has 0 spiro atoms. The summed E-state index contributed by atoms with van der Waals surface area (Å²) in [7, 11) is 2.31. The van der Waals surface area contributed by atoms with E-state index in [-0.39, 0.29) is 0 Å². The lowest BCUT2D eigenvalue weighted by Gasteiger charge is -2.41. The predicted octanol–water partition coefficient (Wildman–Crippen LogP) is 4.67. The molecule has 1 fully saturated rings. The molecule has 1 atom stereocenters. The van der Waals surface area contributed by atoms with E-state index in [1.165, 1.54) is 56.1 Å². The molecule has 1 saturated carbocycles. The largest absolute Gasteiger partial charge is 0.508 e. The van der Waals surface area contributed by atoms with Gasteiger partial charge in [0.05, 0.1) is 0 Å². The minimum absolute atomic E-state index is 0.500. The maximum atomic E-state index is 10.1. The van der Waals surface area contributed by atoms with Crippen molar-refractivity contribution < 1.29 is 5.11 Å². The smallest absolute Gasteiger partial charge is 0.119 e. The molecule has 2 aliphatic carbocycles. The Labute approximate surface area is 129 Å². The lowest BCUT2D eigenvalue weighted by Crippen LogP contribution is -2.39. The zero-order valence-electron chi connectivity index (χ0n) is 13.5. The standard InChI is InChI=1S/C19H29NO/c1-3-14-10-12-15(13-11-14)20(2)18-8-4-7-17-16(18)6-5-9-19(17)21/h5-6,9,14-15,18,21H,3-4,7-8,10-13H2,1-2H3. The van der Waals surface area contributed by atoms with Crippen molar-refractivity contribution in [2.45, 2.75) is 70.4 Å². The van der Waals surface area contributed by atoms with Crippen LogP contribution in [-0.4, -0.2) is 23.1 Å². The highest BCUT2D eigenvalue weighted by molar-refractivity contribution is 5.42. The first-order valence-corrected chi connectivity index (χ1v) is 8.73. The Morgan fingerprint density at radius 1 is 1.14 bits per heavy atom. The molecule has 2 aliphatic rings. The molecule has 1 aromatic rings. The van der Waals surface area contributed by atoms with Crippen molar-refractivity contribution in [2.75, 3.05) is 7.05 Å². The average molecular weight is 287 g/mol. The first-order valence-electron chi connectivity index (χ1n) is 8.73. The number of benzene rings is 1. The Balaban J connectivity index is 1.75. The maximum absolute atomic E-state index is 10.1. The molecule has 0 radical (unpaired) electrons. The van der Waals surface area contributed by atoms with E-state index in [4.69, 9.17) is 0 Å². The summed E-state index contributed by atoms with van der Waals surface area (Å²) in [4.78, 5) is 2.61. The van der Waals surface area contributed by atoms with E-state index in [9.17, 15) is 5.11 Å². The van der Waals surface area contributed by atoms with Crippen LogP contribution in [0.15, 0.2) is 18.2 Å². The van der Waals surface area contributed by atoms with E-state index in [0.717, 1.165) is 18.4 Å². The van der Waals surface area contributed by atoms with Crippen molar-refractivity contribution in [1.82, 2.24) is 4.90 Å². The molecule has 3 rings (SSSR count). The molecule has 116 valence electrons. The first-order chi connectivity index (χ1) is 10.2. The summed E-state index contributed by atoms with van der Waals surface area (Å²) in [6.45, 7) is 2.33. The Hall–Kier alpha value is -1.02. The van der Waals surface area contributed by atoms with Crippen LogP contribution in [0.25, 0.3) is 0 Å². The summed E-state index contributed by atoms with van der Waals surface area (Å²) in [5, 5.41) is 10.1. The Kier molecular flexibility index (Phi) is 4.54. The van der Waals surface area contributed by atoms with Crippen molar-refractivity contribution in [2.24, 2.45) is 5.92 Å². The fourth-order valence-corrected chi connectivity index (χ4v) is 4.44. The molecule has 2 heteroatoms. The normalized spacial score (nSPS) is 29.4. The van der Waals surface area contributed by atoms with Crippen LogP contribution in [0.1, 0.15) is 69.0 Å². The summed E-state index contributed by atoms with van der Waals surface area (Å²) in [5.74, 6) is 1.46. The van der Waals surface area contributed by atoms with Crippen molar-refractivity contribution in [3.8, 4) is 5.75 Å². The van der Waals surface area contributed by atoms with Gasteiger partial charge in [0.25, 0.3) is 0 Å². The monoisotopic (exact) mass is 287 g/mol. The van der Waals surface area contributed by atoms with E-state index < -0.39 is 0 Å². The highest BCUT2D eigenvalue weighted by Crippen LogP contribution is 2.40. The number of hydrogen-bond donors (Lipinski definition) is 1. The summed E-state index contributed by atoms with van der Waals surface area (Å²) >= 11 is 0. The van der Waals surface area contributed by atoms with Crippen molar-refractivity contribution in [3.63, 3.8) is 0 Å². The second-order valence-corrected chi connectivity index (χ2v) is 7.00. The van der Waals surface area contributed by atoms with Crippen LogP contribution in [-0.2, 0) is 6.42 Å². The molecule has 21 heavy (non-hydrogen) atoms. The van der Waals surface area contributed by atoms with Gasteiger partial charge in [0, 0.05) is 12.1 Å². The molecule has 1 aromatic carbocycles. The quantitative estimate of drug-likeness (QED) is 0.873. The van der Waals surface area contributed by atoms with E-state index in [0.29, 0.717) is 11.8 Å². The van der Waals surface area contributed by atoms with Gasteiger partial charge in [-0.2, -0.15) is 0 Å². The highest BCUT2D eigenvalue weighted by Gasteiger charge is 2.31.